The lowest BCUT2D eigenvalue weighted by atomic mass is 9.88. The van der Waals surface area contributed by atoms with Crippen molar-refractivity contribution in [2.24, 2.45) is 11.1 Å². The molecule has 0 aromatic carbocycles. The Morgan fingerprint density at radius 1 is 1.30 bits per heavy atom. The number of anilines is 1. The van der Waals surface area contributed by atoms with Gasteiger partial charge < -0.3 is 11.1 Å². The third-order valence-electron chi connectivity index (χ3n) is 4.90. The Balaban J connectivity index is 2.19. The minimum Gasteiger partial charge on any atom is -0.380 e. The highest BCUT2D eigenvalue weighted by atomic mass is 16.1. The summed E-state index contributed by atoms with van der Waals surface area (Å²) >= 11 is 0. The molecular formula is C20H25N5O2. The number of carbonyl (C=O) groups is 1. The van der Waals surface area contributed by atoms with Crippen LogP contribution >= 0.6 is 0 Å². The molecule has 0 aliphatic heterocycles. The summed E-state index contributed by atoms with van der Waals surface area (Å²) < 4.78 is 3.19. The van der Waals surface area contributed by atoms with Crippen LogP contribution in [-0.4, -0.2) is 26.1 Å². The van der Waals surface area contributed by atoms with Crippen molar-refractivity contribution in [1.82, 2.24) is 14.2 Å². The molecular weight excluding hydrogens is 342 g/mol. The second kappa shape index (κ2) is 6.57. The summed E-state index contributed by atoms with van der Waals surface area (Å²) in [6, 6.07) is 5.34. The number of pyridine rings is 1. The van der Waals surface area contributed by atoms with Gasteiger partial charge in [0.15, 0.2) is 0 Å². The lowest BCUT2D eigenvalue weighted by molar-refractivity contribution is 0.100. The lowest BCUT2D eigenvalue weighted by Gasteiger charge is -2.29. The Labute approximate surface area is 157 Å². The van der Waals surface area contributed by atoms with E-state index < -0.39 is 5.91 Å². The molecule has 3 aromatic heterocycles. The van der Waals surface area contributed by atoms with Gasteiger partial charge in [-0.2, -0.15) is 5.10 Å². The van der Waals surface area contributed by atoms with Crippen LogP contribution in [0.3, 0.4) is 0 Å². The van der Waals surface area contributed by atoms with E-state index in [1.54, 1.807) is 27.5 Å². The van der Waals surface area contributed by atoms with Gasteiger partial charge in [0.2, 0.25) is 0 Å². The molecule has 0 saturated heterocycles. The Kier molecular flexibility index (Phi) is 4.55. The average Bonchev–Trinajstić information content (AvgIpc) is 2.98. The number of aromatic nitrogens is 3. The van der Waals surface area contributed by atoms with Crippen LogP contribution in [0.25, 0.3) is 11.2 Å². The summed E-state index contributed by atoms with van der Waals surface area (Å²) in [5.41, 5.74) is 8.60. The highest BCUT2D eigenvalue weighted by molar-refractivity contribution is 6.02. The fourth-order valence-corrected chi connectivity index (χ4v) is 2.74. The predicted octanol–water partition coefficient (Wildman–Crippen LogP) is 2.74. The van der Waals surface area contributed by atoms with Crippen molar-refractivity contribution < 1.29 is 4.79 Å². The molecule has 7 nitrogen and oxygen atoms in total. The number of nitrogens with one attached hydrogen (secondary N) is 1. The van der Waals surface area contributed by atoms with Crippen LogP contribution < -0.4 is 16.6 Å². The minimum atomic E-state index is -0.552. The number of nitrogens with two attached hydrogens (primary N) is 1. The zero-order chi connectivity index (χ0) is 19.9. The van der Waals surface area contributed by atoms with Crippen molar-refractivity contribution >= 4 is 17.1 Å². The van der Waals surface area contributed by atoms with Crippen LogP contribution in [0.4, 0.5) is 5.69 Å². The van der Waals surface area contributed by atoms with Crippen molar-refractivity contribution in [3.05, 3.63) is 58.3 Å². The second-order valence-electron chi connectivity index (χ2n) is 7.97. The number of amides is 1. The number of hydrogen-bond acceptors (Lipinski definition) is 4. The molecule has 27 heavy (non-hydrogen) atoms. The first-order valence-corrected chi connectivity index (χ1v) is 8.85. The Morgan fingerprint density at radius 3 is 2.59 bits per heavy atom. The number of rotatable bonds is 4. The molecule has 0 unspecified atom stereocenters. The van der Waals surface area contributed by atoms with Crippen LogP contribution in [0.5, 0.6) is 0 Å². The first-order chi connectivity index (χ1) is 12.6. The Morgan fingerprint density at radius 2 is 2.00 bits per heavy atom. The van der Waals surface area contributed by atoms with E-state index in [1.165, 1.54) is 6.20 Å². The van der Waals surface area contributed by atoms with E-state index in [1.807, 2.05) is 19.1 Å². The fraction of sp³-hybridized carbons (Fsp3) is 0.350. The largest absolute Gasteiger partial charge is 0.380 e. The lowest BCUT2D eigenvalue weighted by Crippen LogP contribution is -2.32. The number of nitrogens with zero attached hydrogens (tertiary/aromatic N) is 3. The predicted molar refractivity (Wildman–Crippen MR) is 107 cm³/mol. The standard InChI is InChI=1S/C20H25N5O2/c1-12-6-7-24(17(26)8-12)14-9-16-18(23-13(2)20(3,4)5)15(19(21)27)10-22-25(16)11-14/h6-11,13,23H,1-5H3,(H2,21,27)/t13-/m1/s1. The van der Waals surface area contributed by atoms with Crippen molar-refractivity contribution in [2.75, 3.05) is 5.32 Å². The van der Waals surface area contributed by atoms with Gasteiger partial charge in [-0.1, -0.05) is 20.8 Å². The highest BCUT2D eigenvalue weighted by Gasteiger charge is 2.23. The first-order valence-electron chi connectivity index (χ1n) is 8.85. The van der Waals surface area contributed by atoms with Gasteiger partial charge in [-0.05, 0) is 37.0 Å². The molecule has 0 bridgehead atoms. The number of primary amides is 1. The van der Waals surface area contributed by atoms with Crippen LogP contribution in [0.15, 0.2) is 41.6 Å². The van der Waals surface area contributed by atoms with Crippen molar-refractivity contribution in [1.29, 1.82) is 0 Å². The zero-order valence-corrected chi connectivity index (χ0v) is 16.3. The normalized spacial score (nSPS) is 12.9. The number of carbonyl (C=O) groups excluding carboxylic acids is 1. The Bertz CT molecular complexity index is 1070. The molecule has 3 aromatic rings. The molecule has 3 N–H and O–H groups in total. The molecule has 1 amide bonds. The minimum absolute atomic E-state index is 0.0293. The molecule has 0 fully saturated rings. The summed E-state index contributed by atoms with van der Waals surface area (Å²) in [5.74, 6) is -0.552. The molecule has 0 spiro atoms. The summed E-state index contributed by atoms with van der Waals surface area (Å²) in [5, 5.41) is 7.70. The van der Waals surface area contributed by atoms with Gasteiger partial charge in [0, 0.05) is 18.3 Å². The molecule has 0 saturated carbocycles. The molecule has 1 atom stereocenters. The fourth-order valence-electron chi connectivity index (χ4n) is 2.74. The van der Waals surface area contributed by atoms with E-state index in [9.17, 15) is 9.59 Å². The molecule has 7 heteroatoms. The summed E-state index contributed by atoms with van der Waals surface area (Å²) in [6.07, 6.45) is 4.94. The number of fused-ring (bicyclic) bond motifs is 1. The molecule has 0 aliphatic carbocycles. The Hall–Kier alpha value is -3.09. The van der Waals surface area contributed by atoms with Gasteiger partial charge in [-0.25, -0.2) is 4.52 Å². The van der Waals surface area contributed by atoms with Gasteiger partial charge in [-0.3, -0.25) is 14.2 Å². The van der Waals surface area contributed by atoms with Gasteiger partial charge in [0.05, 0.1) is 34.8 Å². The maximum Gasteiger partial charge on any atom is 0.255 e. The summed E-state index contributed by atoms with van der Waals surface area (Å²) in [4.78, 5) is 24.3. The number of hydrogen-bond donors (Lipinski definition) is 2. The highest BCUT2D eigenvalue weighted by Crippen LogP contribution is 2.29. The van der Waals surface area contributed by atoms with Crippen LogP contribution in [0.2, 0.25) is 0 Å². The van der Waals surface area contributed by atoms with E-state index in [-0.39, 0.29) is 17.0 Å². The second-order valence-corrected chi connectivity index (χ2v) is 7.97. The van der Waals surface area contributed by atoms with Crippen LogP contribution in [0.1, 0.15) is 43.6 Å². The van der Waals surface area contributed by atoms with Crippen molar-refractivity contribution in [3.63, 3.8) is 0 Å². The van der Waals surface area contributed by atoms with Crippen LogP contribution in [-0.2, 0) is 0 Å². The van der Waals surface area contributed by atoms with E-state index >= 15 is 0 Å². The van der Waals surface area contributed by atoms with E-state index in [4.69, 9.17) is 5.73 Å². The molecule has 142 valence electrons. The molecule has 3 heterocycles. The first kappa shape index (κ1) is 18.7. The quantitative estimate of drug-likeness (QED) is 0.741. The van der Waals surface area contributed by atoms with Gasteiger partial charge >= 0.3 is 0 Å². The van der Waals surface area contributed by atoms with Gasteiger partial charge in [0.25, 0.3) is 11.5 Å². The SMILES string of the molecule is Cc1ccn(-c2cc3c(N[C@H](C)C(C)(C)C)c(C(N)=O)cnn3c2)c(=O)c1. The maximum absolute atomic E-state index is 12.3. The van der Waals surface area contributed by atoms with Gasteiger partial charge in [-0.15, -0.1) is 0 Å². The zero-order valence-electron chi connectivity index (χ0n) is 16.3. The maximum atomic E-state index is 12.3. The topological polar surface area (TPSA) is 94.4 Å². The average molecular weight is 367 g/mol. The van der Waals surface area contributed by atoms with Gasteiger partial charge in [0.1, 0.15) is 0 Å². The molecule has 0 radical (unpaired) electrons. The van der Waals surface area contributed by atoms with E-state index in [0.29, 0.717) is 22.5 Å². The molecule has 0 aliphatic rings. The monoisotopic (exact) mass is 367 g/mol. The van der Waals surface area contributed by atoms with Crippen molar-refractivity contribution in [3.8, 4) is 5.69 Å². The summed E-state index contributed by atoms with van der Waals surface area (Å²) in [6.45, 7) is 10.3. The van der Waals surface area contributed by atoms with Crippen molar-refractivity contribution in [2.45, 2.75) is 40.7 Å². The third kappa shape index (κ3) is 3.58. The molecule has 3 rings (SSSR count). The summed E-state index contributed by atoms with van der Waals surface area (Å²) in [7, 11) is 0. The number of aryl methyl sites for hydroxylation is 1. The van der Waals surface area contributed by atoms with Crippen LogP contribution in [0, 0.1) is 12.3 Å². The van der Waals surface area contributed by atoms with E-state index in [2.05, 4.69) is 38.1 Å². The smallest absolute Gasteiger partial charge is 0.255 e. The third-order valence-corrected chi connectivity index (χ3v) is 4.90. The van der Waals surface area contributed by atoms with E-state index in [0.717, 1.165) is 5.56 Å².